The second-order valence-corrected chi connectivity index (χ2v) is 5.05. The summed E-state index contributed by atoms with van der Waals surface area (Å²) in [4.78, 5) is 11.6. The lowest BCUT2D eigenvalue weighted by Crippen LogP contribution is -2.33. The highest BCUT2D eigenvalue weighted by Crippen LogP contribution is 2.19. The molecule has 3 N–H and O–H groups in total. The zero-order valence-corrected chi connectivity index (χ0v) is 12.3. The number of nitrogens with two attached hydrogens (primary N) is 1. The molecule has 1 aromatic rings. The highest BCUT2D eigenvalue weighted by atomic mass is 35.5. The number of carbonyl (C=O) groups excluding carboxylic acids is 1. The summed E-state index contributed by atoms with van der Waals surface area (Å²) in [6.45, 7) is 0.852. The van der Waals surface area contributed by atoms with Gasteiger partial charge in [-0.25, -0.2) is 0 Å². The van der Waals surface area contributed by atoms with Crippen LogP contribution >= 0.6 is 23.2 Å². The van der Waals surface area contributed by atoms with Crippen molar-refractivity contribution < 1.29 is 9.53 Å². The van der Waals surface area contributed by atoms with E-state index in [0.29, 0.717) is 29.6 Å². The molecule has 0 bridgehead atoms. The van der Waals surface area contributed by atoms with Crippen LogP contribution in [0.2, 0.25) is 10.0 Å². The first-order chi connectivity index (χ1) is 9.05. The molecule has 1 atom stereocenters. The molecule has 0 radical (unpaired) electrons. The molecule has 1 unspecified atom stereocenters. The Morgan fingerprint density at radius 2 is 2.00 bits per heavy atom. The summed E-state index contributed by atoms with van der Waals surface area (Å²) in [6, 6.07) is 5.34. The molecular weight excluding hydrogens is 287 g/mol. The van der Waals surface area contributed by atoms with Crippen LogP contribution in [-0.4, -0.2) is 32.2 Å². The predicted octanol–water partition coefficient (Wildman–Crippen LogP) is 2.02. The first-order valence-electron chi connectivity index (χ1n) is 5.99. The van der Waals surface area contributed by atoms with Gasteiger partial charge in [0.2, 0.25) is 5.91 Å². The number of methoxy groups -OCH3 is 1. The standard InChI is InChI=1S/C13H18Cl2N2O2/c1-19-12(8-16)7-13(18)17-3-2-9-4-10(14)6-11(15)5-9/h4-6,12H,2-3,7-8,16H2,1H3,(H,17,18). The lowest BCUT2D eigenvalue weighted by molar-refractivity contribution is -0.123. The SMILES string of the molecule is COC(CN)CC(=O)NCCc1cc(Cl)cc(Cl)c1. The van der Waals surface area contributed by atoms with Crippen molar-refractivity contribution in [2.24, 2.45) is 5.73 Å². The van der Waals surface area contributed by atoms with Crippen molar-refractivity contribution in [3.63, 3.8) is 0 Å². The molecule has 0 saturated carbocycles. The van der Waals surface area contributed by atoms with Gasteiger partial charge in [-0.3, -0.25) is 4.79 Å². The molecule has 1 amide bonds. The summed E-state index contributed by atoms with van der Waals surface area (Å²) in [6.07, 6.45) is 0.705. The highest BCUT2D eigenvalue weighted by Gasteiger charge is 2.10. The van der Waals surface area contributed by atoms with Crippen LogP contribution in [0.3, 0.4) is 0 Å². The maximum atomic E-state index is 11.6. The van der Waals surface area contributed by atoms with Gasteiger partial charge in [-0.15, -0.1) is 0 Å². The van der Waals surface area contributed by atoms with Crippen LogP contribution in [0.15, 0.2) is 18.2 Å². The zero-order valence-electron chi connectivity index (χ0n) is 10.8. The van der Waals surface area contributed by atoms with E-state index in [-0.39, 0.29) is 18.4 Å². The summed E-state index contributed by atoms with van der Waals surface area (Å²) in [7, 11) is 1.54. The Morgan fingerprint density at radius 1 is 1.37 bits per heavy atom. The Hall–Kier alpha value is -0.810. The fourth-order valence-electron chi connectivity index (χ4n) is 1.64. The molecule has 0 aromatic heterocycles. The fourth-order valence-corrected chi connectivity index (χ4v) is 2.21. The maximum Gasteiger partial charge on any atom is 0.222 e. The number of amides is 1. The number of benzene rings is 1. The van der Waals surface area contributed by atoms with Crippen molar-refractivity contribution in [2.45, 2.75) is 18.9 Å². The smallest absolute Gasteiger partial charge is 0.222 e. The summed E-state index contributed by atoms with van der Waals surface area (Å²) in [5.41, 5.74) is 6.44. The summed E-state index contributed by atoms with van der Waals surface area (Å²) in [5, 5.41) is 4.00. The molecule has 0 aliphatic carbocycles. The van der Waals surface area contributed by atoms with Gasteiger partial charge in [0.15, 0.2) is 0 Å². The third-order valence-electron chi connectivity index (χ3n) is 2.67. The third-order valence-corrected chi connectivity index (χ3v) is 3.10. The monoisotopic (exact) mass is 304 g/mol. The van der Waals surface area contributed by atoms with Gasteiger partial charge < -0.3 is 15.8 Å². The highest BCUT2D eigenvalue weighted by molar-refractivity contribution is 6.34. The topological polar surface area (TPSA) is 64.3 Å². The van der Waals surface area contributed by atoms with E-state index in [9.17, 15) is 4.79 Å². The molecule has 19 heavy (non-hydrogen) atoms. The quantitative estimate of drug-likeness (QED) is 0.810. The van der Waals surface area contributed by atoms with Gasteiger partial charge in [0, 0.05) is 30.2 Å². The normalized spacial score (nSPS) is 12.2. The van der Waals surface area contributed by atoms with Crippen LogP contribution in [0, 0.1) is 0 Å². The van der Waals surface area contributed by atoms with Crippen LogP contribution in [0.25, 0.3) is 0 Å². The summed E-state index contributed by atoms with van der Waals surface area (Å²) >= 11 is 11.8. The van der Waals surface area contributed by atoms with E-state index in [0.717, 1.165) is 5.56 Å². The van der Waals surface area contributed by atoms with Gasteiger partial charge in [-0.05, 0) is 30.2 Å². The van der Waals surface area contributed by atoms with Crippen molar-refractivity contribution in [1.82, 2.24) is 5.32 Å². The second kappa shape index (κ2) is 8.38. The number of nitrogens with one attached hydrogen (secondary N) is 1. The summed E-state index contributed by atoms with van der Waals surface area (Å²) < 4.78 is 5.05. The average molecular weight is 305 g/mol. The molecule has 0 aliphatic heterocycles. The Kier molecular flexibility index (Phi) is 7.16. The minimum atomic E-state index is -0.236. The van der Waals surface area contributed by atoms with E-state index < -0.39 is 0 Å². The van der Waals surface area contributed by atoms with Crippen molar-refractivity contribution in [3.05, 3.63) is 33.8 Å². The van der Waals surface area contributed by atoms with Gasteiger partial charge in [-0.2, -0.15) is 0 Å². The van der Waals surface area contributed by atoms with Crippen LogP contribution in [-0.2, 0) is 16.0 Å². The van der Waals surface area contributed by atoms with Crippen molar-refractivity contribution in [2.75, 3.05) is 20.2 Å². The van der Waals surface area contributed by atoms with E-state index >= 15 is 0 Å². The fraction of sp³-hybridized carbons (Fsp3) is 0.462. The van der Waals surface area contributed by atoms with E-state index in [1.165, 1.54) is 0 Å². The molecule has 1 aromatic carbocycles. The molecule has 0 aliphatic rings. The van der Waals surface area contributed by atoms with E-state index in [4.69, 9.17) is 33.7 Å². The Morgan fingerprint density at radius 3 is 2.53 bits per heavy atom. The number of halogens is 2. The predicted molar refractivity (Wildman–Crippen MR) is 77.6 cm³/mol. The van der Waals surface area contributed by atoms with Gasteiger partial charge in [0.25, 0.3) is 0 Å². The number of carbonyl (C=O) groups is 1. The van der Waals surface area contributed by atoms with E-state index in [1.54, 1.807) is 13.2 Å². The van der Waals surface area contributed by atoms with Crippen LogP contribution in [0.5, 0.6) is 0 Å². The van der Waals surface area contributed by atoms with Gasteiger partial charge in [0.05, 0.1) is 12.5 Å². The van der Waals surface area contributed by atoms with Crippen LogP contribution < -0.4 is 11.1 Å². The molecule has 0 saturated heterocycles. The van der Waals surface area contributed by atoms with Crippen LogP contribution in [0.1, 0.15) is 12.0 Å². The summed E-state index contributed by atoms with van der Waals surface area (Å²) in [5.74, 6) is -0.0783. The minimum absolute atomic E-state index is 0.0783. The molecule has 4 nitrogen and oxygen atoms in total. The molecule has 1 rings (SSSR count). The molecule has 0 fully saturated rings. The molecule has 6 heteroatoms. The molecule has 106 valence electrons. The third kappa shape index (κ3) is 6.25. The van der Waals surface area contributed by atoms with Crippen molar-refractivity contribution >= 4 is 29.1 Å². The van der Waals surface area contributed by atoms with Gasteiger partial charge in [-0.1, -0.05) is 23.2 Å². The number of ether oxygens (including phenoxy) is 1. The number of hydrogen-bond donors (Lipinski definition) is 2. The lowest BCUT2D eigenvalue weighted by Gasteiger charge is -2.12. The average Bonchev–Trinajstić information content (AvgIpc) is 2.34. The second-order valence-electron chi connectivity index (χ2n) is 4.18. The Balaban J connectivity index is 2.35. The first-order valence-corrected chi connectivity index (χ1v) is 6.75. The molecule has 0 spiro atoms. The van der Waals surface area contributed by atoms with Gasteiger partial charge in [0.1, 0.15) is 0 Å². The Bertz CT molecular complexity index is 403. The number of hydrogen-bond acceptors (Lipinski definition) is 3. The molecule has 0 heterocycles. The van der Waals surface area contributed by atoms with Crippen LogP contribution in [0.4, 0.5) is 0 Å². The van der Waals surface area contributed by atoms with Crippen molar-refractivity contribution in [1.29, 1.82) is 0 Å². The first kappa shape index (κ1) is 16.2. The van der Waals surface area contributed by atoms with E-state index in [1.807, 2.05) is 12.1 Å². The minimum Gasteiger partial charge on any atom is -0.380 e. The zero-order chi connectivity index (χ0) is 14.3. The maximum absolute atomic E-state index is 11.6. The largest absolute Gasteiger partial charge is 0.380 e. The van der Waals surface area contributed by atoms with E-state index in [2.05, 4.69) is 5.32 Å². The lowest BCUT2D eigenvalue weighted by atomic mass is 10.1. The van der Waals surface area contributed by atoms with Gasteiger partial charge >= 0.3 is 0 Å². The number of rotatable bonds is 7. The van der Waals surface area contributed by atoms with Crippen molar-refractivity contribution in [3.8, 4) is 0 Å². The molecular formula is C13H18Cl2N2O2. The Labute approximate surface area is 123 Å².